The quantitative estimate of drug-likeness (QED) is 0.718. The highest BCUT2D eigenvalue weighted by Gasteiger charge is 2.40. The molecule has 2 rings (SSSR count). The first kappa shape index (κ1) is 14.8. The summed E-state index contributed by atoms with van der Waals surface area (Å²) in [4.78, 5) is 38.8. The molecule has 7 heteroatoms. The van der Waals surface area contributed by atoms with Gasteiger partial charge in [-0.3, -0.25) is 14.4 Å². The molecule has 2 fully saturated rings. The minimum Gasteiger partial charge on any atom is -0.362 e. The standard InChI is InChI=1S/C13H21N3O4/c1-13(12(19)14-2)9-16(6-7-20-13)11(18)8-15-5-3-4-10(15)17/h3-9H2,1-2H3,(H,14,19)/t13-/m1/s1. The van der Waals surface area contributed by atoms with Crippen molar-refractivity contribution in [1.29, 1.82) is 0 Å². The highest BCUT2D eigenvalue weighted by atomic mass is 16.5. The molecule has 0 aromatic rings. The van der Waals surface area contributed by atoms with E-state index in [1.54, 1.807) is 23.8 Å². The summed E-state index contributed by atoms with van der Waals surface area (Å²) in [7, 11) is 1.54. The van der Waals surface area contributed by atoms with E-state index in [2.05, 4.69) is 5.32 Å². The van der Waals surface area contributed by atoms with Crippen LogP contribution in [0.1, 0.15) is 19.8 Å². The second-order valence-electron chi connectivity index (χ2n) is 5.39. The monoisotopic (exact) mass is 283 g/mol. The van der Waals surface area contributed by atoms with Gasteiger partial charge < -0.3 is 19.9 Å². The van der Waals surface area contributed by atoms with Crippen LogP contribution in [0, 0.1) is 0 Å². The summed E-state index contributed by atoms with van der Waals surface area (Å²) < 4.78 is 5.50. The third-order valence-corrected chi connectivity index (χ3v) is 3.83. The number of carbonyl (C=O) groups excluding carboxylic acids is 3. The van der Waals surface area contributed by atoms with Crippen molar-refractivity contribution in [2.75, 3.05) is 39.8 Å². The van der Waals surface area contributed by atoms with Crippen LogP contribution in [-0.4, -0.2) is 73.0 Å². The van der Waals surface area contributed by atoms with Crippen LogP contribution in [0.25, 0.3) is 0 Å². The van der Waals surface area contributed by atoms with E-state index in [0.29, 0.717) is 26.1 Å². The van der Waals surface area contributed by atoms with Crippen LogP contribution in [0.15, 0.2) is 0 Å². The van der Waals surface area contributed by atoms with Gasteiger partial charge in [0.2, 0.25) is 11.8 Å². The Morgan fingerprint density at radius 3 is 2.75 bits per heavy atom. The van der Waals surface area contributed by atoms with Crippen LogP contribution in [0.3, 0.4) is 0 Å². The minimum absolute atomic E-state index is 0.0284. The molecule has 0 radical (unpaired) electrons. The molecule has 0 bridgehead atoms. The van der Waals surface area contributed by atoms with Gasteiger partial charge in [-0.1, -0.05) is 0 Å². The number of amides is 3. The third-order valence-electron chi connectivity index (χ3n) is 3.83. The second kappa shape index (κ2) is 5.78. The molecule has 20 heavy (non-hydrogen) atoms. The Bertz CT molecular complexity index is 426. The van der Waals surface area contributed by atoms with Crippen LogP contribution < -0.4 is 5.32 Å². The molecule has 0 spiro atoms. The van der Waals surface area contributed by atoms with Crippen molar-refractivity contribution >= 4 is 17.7 Å². The largest absolute Gasteiger partial charge is 0.362 e. The summed E-state index contributed by atoms with van der Waals surface area (Å²) in [6, 6.07) is 0. The van der Waals surface area contributed by atoms with E-state index < -0.39 is 5.60 Å². The maximum Gasteiger partial charge on any atom is 0.253 e. The van der Waals surface area contributed by atoms with Gasteiger partial charge in [0.1, 0.15) is 0 Å². The summed E-state index contributed by atoms with van der Waals surface area (Å²) >= 11 is 0. The summed E-state index contributed by atoms with van der Waals surface area (Å²) in [5, 5.41) is 2.55. The van der Waals surface area contributed by atoms with Crippen molar-refractivity contribution in [2.45, 2.75) is 25.4 Å². The van der Waals surface area contributed by atoms with Crippen LogP contribution >= 0.6 is 0 Å². The zero-order valence-electron chi connectivity index (χ0n) is 12.0. The lowest BCUT2D eigenvalue weighted by Crippen LogP contribution is -2.59. The maximum absolute atomic E-state index is 12.2. The fraction of sp³-hybridized carbons (Fsp3) is 0.769. The maximum atomic E-state index is 12.2. The molecule has 2 saturated heterocycles. The Labute approximate surface area is 118 Å². The lowest BCUT2D eigenvalue weighted by Gasteiger charge is -2.39. The van der Waals surface area contributed by atoms with Crippen molar-refractivity contribution in [1.82, 2.24) is 15.1 Å². The lowest BCUT2D eigenvalue weighted by molar-refractivity contribution is -0.163. The van der Waals surface area contributed by atoms with Crippen molar-refractivity contribution in [3.63, 3.8) is 0 Å². The summed E-state index contributed by atoms with van der Waals surface area (Å²) in [5.74, 6) is -0.341. The molecule has 0 saturated carbocycles. The predicted molar refractivity (Wildman–Crippen MR) is 70.8 cm³/mol. The zero-order chi connectivity index (χ0) is 14.8. The number of ether oxygens (including phenoxy) is 1. The molecule has 0 aromatic carbocycles. The first-order valence-electron chi connectivity index (χ1n) is 6.88. The van der Waals surface area contributed by atoms with E-state index in [1.165, 1.54) is 0 Å². The molecule has 1 N–H and O–H groups in total. The van der Waals surface area contributed by atoms with Gasteiger partial charge in [0.05, 0.1) is 19.7 Å². The number of carbonyl (C=O) groups is 3. The van der Waals surface area contributed by atoms with E-state index in [-0.39, 0.29) is 30.8 Å². The van der Waals surface area contributed by atoms with Gasteiger partial charge in [-0.25, -0.2) is 0 Å². The number of nitrogens with one attached hydrogen (secondary N) is 1. The summed E-state index contributed by atoms with van der Waals surface area (Å²) in [6.45, 7) is 3.40. The van der Waals surface area contributed by atoms with E-state index in [0.717, 1.165) is 6.42 Å². The molecule has 112 valence electrons. The fourth-order valence-electron chi connectivity index (χ4n) is 2.62. The Kier molecular flexibility index (Phi) is 4.27. The van der Waals surface area contributed by atoms with Gasteiger partial charge in [0.25, 0.3) is 5.91 Å². The van der Waals surface area contributed by atoms with Gasteiger partial charge in [-0.05, 0) is 13.3 Å². The van der Waals surface area contributed by atoms with Crippen molar-refractivity contribution in [3.8, 4) is 0 Å². The number of likely N-dealkylation sites (N-methyl/N-ethyl adjacent to an activating group) is 1. The van der Waals surface area contributed by atoms with Crippen LogP contribution in [0.5, 0.6) is 0 Å². The van der Waals surface area contributed by atoms with E-state index in [1.807, 2.05) is 0 Å². The molecule has 2 aliphatic heterocycles. The number of hydrogen-bond donors (Lipinski definition) is 1. The van der Waals surface area contributed by atoms with Gasteiger partial charge in [0, 0.05) is 26.6 Å². The SMILES string of the molecule is CNC(=O)[C@@]1(C)CN(C(=O)CN2CCCC2=O)CCO1. The van der Waals surface area contributed by atoms with E-state index >= 15 is 0 Å². The molecular formula is C13H21N3O4. The van der Waals surface area contributed by atoms with Gasteiger partial charge >= 0.3 is 0 Å². The molecule has 2 heterocycles. The molecule has 0 unspecified atom stereocenters. The van der Waals surface area contributed by atoms with Crippen LogP contribution in [0.2, 0.25) is 0 Å². The normalized spacial score (nSPS) is 26.8. The summed E-state index contributed by atoms with van der Waals surface area (Å²) in [6.07, 6.45) is 1.33. The lowest BCUT2D eigenvalue weighted by atomic mass is 10.0. The third kappa shape index (κ3) is 2.92. The predicted octanol–water partition coefficient (Wildman–Crippen LogP) is -1.03. The van der Waals surface area contributed by atoms with Gasteiger partial charge in [-0.2, -0.15) is 0 Å². The molecular weight excluding hydrogens is 262 g/mol. The number of likely N-dealkylation sites (tertiary alicyclic amines) is 1. The topological polar surface area (TPSA) is 79.0 Å². The Morgan fingerprint density at radius 2 is 2.15 bits per heavy atom. The first-order chi connectivity index (χ1) is 9.46. The Balaban J connectivity index is 1.96. The highest BCUT2D eigenvalue weighted by Crippen LogP contribution is 2.18. The Morgan fingerprint density at radius 1 is 1.40 bits per heavy atom. The zero-order valence-corrected chi connectivity index (χ0v) is 12.0. The highest BCUT2D eigenvalue weighted by molar-refractivity contribution is 5.88. The fourth-order valence-corrected chi connectivity index (χ4v) is 2.62. The van der Waals surface area contributed by atoms with Gasteiger partial charge in [-0.15, -0.1) is 0 Å². The number of morpholine rings is 1. The summed E-state index contributed by atoms with van der Waals surface area (Å²) in [5.41, 5.74) is -1.02. The average molecular weight is 283 g/mol. The minimum atomic E-state index is -1.02. The number of rotatable bonds is 3. The van der Waals surface area contributed by atoms with Crippen LogP contribution in [-0.2, 0) is 19.1 Å². The van der Waals surface area contributed by atoms with Crippen molar-refractivity contribution < 1.29 is 19.1 Å². The van der Waals surface area contributed by atoms with Crippen LogP contribution in [0.4, 0.5) is 0 Å². The molecule has 3 amide bonds. The molecule has 7 nitrogen and oxygen atoms in total. The molecule has 0 aliphatic carbocycles. The first-order valence-corrected chi connectivity index (χ1v) is 6.88. The van der Waals surface area contributed by atoms with Gasteiger partial charge in [0.15, 0.2) is 5.60 Å². The molecule has 1 atom stereocenters. The van der Waals surface area contributed by atoms with E-state index in [4.69, 9.17) is 4.74 Å². The molecule has 2 aliphatic rings. The Hall–Kier alpha value is -1.63. The smallest absolute Gasteiger partial charge is 0.253 e. The number of nitrogens with zero attached hydrogens (tertiary/aromatic N) is 2. The molecule has 0 aromatic heterocycles. The number of hydrogen-bond acceptors (Lipinski definition) is 4. The van der Waals surface area contributed by atoms with E-state index in [9.17, 15) is 14.4 Å². The average Bonchev–Trinajstić information content (AvgIpc) is 2.83. The van der Waals surface area contributed by atoms with Crippen molar-refractivity contribution in [3.05, 3.63) is 0 Å². The van der Waals surface area contributed by atoms with Crippen molar-refractivity contribution in [2.24, 2.45) is 0 Å². The second-order valence-corrected chi connectivity index (χ2v) is 5.39.